The summed E-state index contributed by atoms with van der Waals surface area (Å²) in [6.07, 6.45) is 1.88. The highest BCUT2D eigenvalue weighted by atomic mass is 28.3. The molecular weight excluding hydrogens is 290 g/mol. The second kappa shape index (κ2) is 6.07. The van der Waals surface area contributed by atoms with Gasteiger partial charge < -0.3 is 9.64 Å². The largest absolute Gasteiger partial charge is 0.444 e. The van der Waals surface area contributed by atoms with Crippen LogP contribution in [0.5, 0.6) is 0 Å². The smallest absolute Gasteiger partial charge is 0.410 e. The topological polar surface area (TPSA) is 29.5 Å². The van der Waals surface area contributed by atoms with E-state index in [0.29, 0.717) is 0 Å². The van der Waals surface area contributed by atoms with Crippen LogP contribution < -0.4 is 5.19 Å². The lowest BCUT2D eigenvalue weighted by Gasteiger charge is -2.29. The summed E-state index contributed by atoms with van der Waals surface area (Å²) >= 11 is 0. The van der Waals surface area contributed by atoms with Gasteiger partial charge in [-0.1, -0.05) is 49.1 Å². The summed E-state index contributed by atoms with van der Waals surface area (Å²) in [5.41, 5.74) is 0.813. The van der Waals surface area contributed by atoms with Crippen molar-refractivity contribution in [2.24, 2.45) is 0 Å². The van der Waals surface area contributed by atoms with Gasteiger partial charge in [0.25, 0.3) is 0 Å². The molecule has 1 atom stereocenters. The molecule has 1 aromatic rings. The van der Waals surface area contributed by atoms with Crippen LogP contribution >= 0.6 is 0 Å². The second-order valence-corrected chi connectivity index (χ2v) is 13.3. The molecule has 122 valence electrons. The Morgan fingerprint density at radius 1 is 1.27 bits per heavy atom. The van der Waals surface area contributed by atoms with E-state index in [0.717, 1.165) is 19.4 Å². The first-order valence-electron chi connectivity index (χ1n) is 8.18. The average molecular weight is 320 g/mol. The third-order valence-corrected chi connectivity index (χ3v) is 6.06. The molecule has 0 spiro atoms. The van der Waals surface area contributed by atoms with Crippen molar-refractivity contribution < 1.29 is 9.53 Å². The Labute approximate surface area is 135 Å². The minimum atomic E-state index is -1.34. The number of nitrogens with zero attached hydrogens (tertiary/aromatic N) is 1. The molecule has 3 nitrogen and oxygen atoms in total. The maximum absolute atomic E-state index is 12.4. The number of hydrogen-bond donors (Lipinski definition) is 0. The summed E-state index contributed by atoms with van der Waals surface area (Å²) in [5.74, 6) is 0. The van der Waals surface area contributed by atoms with Gasteiger partial charge in [0.1, 0.15) is 5.60 Å². The van der Waals surface area contributed by atoms with Crippen LogP contribution in [0, 0.1) is 0 Å². The van der Waals surface area contributed by atoms with E-state index >= 15 is 0 Å². The Kier molecular flexibility index (Phi) is 4.71. The van der Waals surface area contributed by atoms with E-state index < -0.39 is 13.7 Å². The summed E-state index contributed by atoms with van der Waals surface area (Å²) in [4.78, 5) is 14.3. The molecule has 1 aliphatic heterocycles. The summed E-state index contributed by atoms with van der Waals surface area (Å²) < 4.78 is 5.57. The molecule has 1 heterocycles. The number of carbonyl (C=O) groups excluding carboxylic acids is 1. The molecule has 1 fully saturated rings. The lowest BCUT2D eigenvalue weighted by molar-refractivity contribution is 0.0224. The number of ether oxygens (including phenoxy) is 1. The minimum absolute atomic E-state index is 0.158. The van der Waals surface area contributed by atoms with Gasteiger partial charge >= 0.3 is 6.09 Å². The Bertz CT molecular complexity index is 543. The molecule has 1 aromatic carbocycles. The monoisotopic (exact) mass is 319 g/mol. The number of rotatable bonds is 2. The molecule has 1 aliphatic rings. The van der Waals surface area contributed by atoms with Crippen LogP contribution in [0.15, 0.2) is 24.3 Å². The molecule has 0 N–H and O–H groups in total. The summed E-state index contributed by atoms with van der Waals surface area (Å²) in [7, 11) is -1.34. The highest BCUT2D eigenvalue weighted by Gasteiger charge is 2.33. The number of amides is 1. The standard InChI is InChI=1S/C18H29NO2Si/c1-18(2,3)21-17(20)19-12-8-11-16(19)14-9-7-10-15(13-14)22(4,5)6/h7,9-10,13,16H,8,11-12H2,1-6H3. The Hall–Kier alpha value is -1.29. The molecule has 1 amide bonds. The van der Waals surface area contributed by atoms with Gasteiger partial charge in [0.05, 0.1) is 14.1 Å². The highest BCUT2D eigenvalue weighted by molar-refractivity contribution is 6.88. The lowest BCUT2D eigenvalue weighted by Crippen LogP contribution is -2.39. The maximum Gasteiger partial charge on any atom is 0.410 e. The van der Waals surface area contributed by atoms with E-state index in [4.69, 9.17) is 4.74 Å². The van der Waals surface area contributed by atoms with Crippen LogP contribution in [-0.4, -0.2) is 31.2 Å². The van der Waals surface area contributed by atoms with E-state index in [9.17, 15) is 4.79 Å². The molecule has 0 bridgehead atoms. The zero-order valence-electron chi connectivity index (χ0n) is 14.8. The molecular formula is C18H29NO2Si. The van der Waals surface area contributed by atoms with Crippen LogP contribution in [0.25, 0.3) is 0 Å². The fourth-order valence-corrected chi connectivity index (χ4v) is 4.06. The second-order valence-electron chi connectivity index (χ2n) is 8.21. The normalized spacial score (nSPS) is 19.4. The van der Waals surface area contributed by atoms with Gasteiger partial charge in [-0.15, -0.1) is 0 Å². The summed E-state index contributed by atoms with van der Waals surface area (Å²) in [5, 5.41) is 1.45. The Morgan fingerprint density at radius 2 is 1.95 bits per heavy atom. The first kappa shape index (κ1) is 17.1. The molecule has 2 rings (SSSR count). The zero-order valence-corrected chi connectivity index (χ0v) is 15.8. The van der Waals surface area contributed by atoms with Crippen molar-refractivity contribution >= 4 is 19.4 Å². The minimum Gasteiger partial charge on any atom is -0.444 e. The first-order valence-corrected chi connectivity index (χ1v) is 11.7. The van der Waals surface area contributed by atoms with Gasteiger partial charge in [-0.2, -0.15) is 0 Å². The van der Waals surface area contributed by atoms with Crippen molar-refractivity contribution in [1.82, 2.24) is 4.90 Å². The van der Waals surface area contributed by atoms with Crippen LogP contribution in [0.2, 0.25) is 19.6 Å². The van der Waals surface area contributed by atoms with Crippen molar-refractivity contribution in [3.8, 4) is 0 Å². The summed E-state index contributed by atoms with van der Waals surface area (Å²) in [6, 6.07) is 8.97. The van der Waals surface area contributed by atoms with E-state index in [-0.39, 0.29) is 12.1 Å². The van der Waals surface area contributed by atoms with Gasteiger partial charge in [0, 0.05) is 6.54 Å². The van der Waals surface area contributed by atoms with Crippen LogP contribution in [0.1, 0.15) is 45.2 Å². The van der Waals surface area contributed by atoms with Crippen LogP contribution in [0.4, 0.5) is 4.79 Å². The van der Waals surface area contributed by atoms with Crippen molar-refractivity contribution in [1.29, 1.82) is 0 Å². The average Bonchev–Trinajstić information content (AvgIpc) is 2.85. The van der Waals surface area contributed by atoms with Gasteiger partial charge in [-0.25, -0.2) is 4.79 Å². The van der Waals surface area contributed by atoms with Crippen molar-refractivity contribution in [2.75, 3.05) is 6.54 Å². The zero-order chi connectivity index (χ0) is 16.5. The Balaban J connectivity index is 2.22. The SMILES string of the molecule is CC(C)(C)OC(=O)N1CCCC1c1cccc([Si](C)(C)C)c1. The van der Waals surface area contributed by atoms with Crippen molar-refractivity contribution in [3.63, 3.8) is 0 Å². The molecule has 0 radical (unpaired) electrons. The number of benzene rings is 1. The number of likely N-dealkylation sites (tertiary alicyclic amines) is 1. The number of hydrogen-bond acceptors (Lipinski definition) is 2. The molecule has 22 heavy (non-hydrogen) atoms. The van der Waals surface area contributed by atoms with Crippen molar-refractivity contribution in [2.45, 2.75) is 64.9 Å². The molecule has 1 saturated heterocycles. The van der Waals surface area contributed by atoms with Gasteiger partial charge in [0.2, 0.25) is 0 Å². The third kappa shape index (κ3) is 4.13. The number of carbonyl (C=O) groups is 1. The van der Waals surface area contributed by atoms with E-state index in [1.807, 2.05) is 25.7 Å². The third-order valence-electron chi connectivity index (χ3n) is 4.02. The van der Waals surface area contributed by atoms with Gasteiger partial charge in [0.15, 0.2) is 0 Å². The molecule has 1 unspecified atom stereocenters. The predicted molar refractivity (Wildman–Crippen MR) is 94.3 cm³/mol. The van der Waals surface area contributed by atoms with Gasteiger partial charge in [-0.3, -0.25) is 0 Å². The predicted octanol–water partition coefficient (Wildman–Crippen LogP) is 4.30. The maximum atomic E-state index is 12.4. The quantitative estimate of drug-likeness (QED) is 0.760. The molecule has 4 heteroatoms. The molecule has 0 aliphatic carbocycles. The van der Waals surface area contributed by atoms with E-state index in [1.165, 1.54) is 10.8 Å². The lowest BCUT2D eigenvalue weighted by atomic mass is 10.0. The van der Waals surface area contributed by atoms with Crippen molar-refractivity contribution in [3.05, 3.63) is 29.8 Å². The first-order chi connectivity index (χ1) is 10.1. The van der Waals surface area contributed by atoms with E-state index in [2.05, 4.69) is 43.9 Å². The molecule has 0 aromatic heterocycles. The highest BCUT2D eigenvalue weighted by Crippen LogP contribution is 2.33. The summed E-state index contributed by atoms with van der Waals surface area (Å²) in [6.45, 7) is 13.6. The fourth-order valence-electron chi connectivity index (χ4n) is 2.86. The Morgan fingerprint density at radius 3 is 2.55 bits per heavy atom. The molecule has 0 saturated carbocycles. The van der Waals surface area contributed by atoms with Crippen LogP contribution in [0.3, 0.4) is 0 Å². The van der Waals surface area contributed by atoms with Gasteiger partial charge in [-0.05, 0) is 39.2 Å². The fraction of sp³-hybridized carbons (Fsp3) is 0.611. The van der Waals surface area contributed by atoms with E-state index in [1.54, 1.807) is 0 Å². The van der Waals surface area contributed by atoms with Crippen LogP contribution in [-0.2, 0) is 4.74 Å².